The van der Waals surface area contributed by atoms with Crippen molar-refractivity contribution in [3.8, 4) is 0 Å². The first-order valence-electron chi connectivity index (χ1n) is 12.8. The summed E-state index contributed by atoms with van der Waals surface area (Å²) in [6, 6.07) is 6.87. The van der Waals surface area contributed by atoms with Crippen LogP contribution in [0.5, 0.6) is 0 Å². The summed E-state index contributed by atoms with van der Waals surface area (Å²) in [5.41, 5.74) is -0.852. The van der Waals surface area contributed by atoms with Crippen LogP contribution in [0.15, 0.2) is 53.7 Å². The monoisotopic (exact) mass is 627 g/mol. The summed E-state index contributed by atoms with van der Waals surface area (Å²) < 4.78 is 97.9. The van der Waals surface area contributed by atoms with Crippen LogP contribution >= 0.6 is 11.6 Å². The fraction of sp³-hybridized carbons (Fsp3) is 0.346. The van der Waals surface area contributed by atoms with Crippen LogP contribution < -0.4 is 9.80 Å². The van der Waals surface area contributed by atoms with E-state index in [2.05, 4.69) is 5.10 Å². The van der Waals surface area contributed by atoms with E-state index >= 15 is 0 Å². The number of para-hydroxylation sites is 1. The molecule has 1 saturated heterocycles. The number of piperazine rings is 1. The molecule has 2 fully saturated rings. The molecule has 0 atom stereocenters. The molecule has 0 N–H and O–H groups in total. The SMILES string of the molecule is CC(C)S(=O)(=O)n1ccc(S(=O)(=O)n2nc(N3CCN(c4c(F)cccc4F)CC34CC4)c3c(Cl)cc(F)cc32)c1. The van der Waals surface area contributed by atoms with Crippen molar-refractivity contribution in [1.29, 1.82) is 0 Å². The maximum atomic E-state index is 14.6. The lowest BCUT2D eigenvalue weighted by Crippen LogP contribution is -2.56. The van der Waals surface area contributed by atoms with E-state index in [0.29, 0.717) is 16.9 Å². The molecule has 0 amide bonds. The molecule has 0 bridgehead atoms. The van der Waals surface area contributed by atoms with E-state index in [1.807, 2.05) is 4.90 Å². The van der Waals surface area contributed by atoms with Gasteiger partial charge >= 0.3 is 0 Å². The van der Waals surface area contributed by atoms with Crippen molar-refractivity contribution in [1.82, 2.24) is 13.2 Å². The minimum Gasteiger partial charge on any atom is -0.363 e. The summed E-state index contributed by atoms with van der Waals surface area (Å²) >= 11 is 6.47. The van der Waals surface area contributed by atoms with Gasteiger partial charge in [0, 0.05) is 38.1 Å². The molecule has 1 aliphatic heterocycles. The highest BCUT2D eigenvalue weighted by Gasteiger charge is 2.53. The Labute approximate surface area is 239 Å². The third-order valence-electron chi connectivity index (χ3n) is 7.69. The van der Waals surface area contributed by atoms with Crippen LogP contribution in [0.4, 0.5) is 24.7 Å². The van der Waals surface area contributed by atoms with E-state index in [9.17, 15) is 30.0 Å². The largest absolute Gasteiger partial charge is 0.363 e. The minimum absolute atomic E-state index is 0.0604. The van der Waals surface area contributed by atoms with Crippen molar-refractivity contribution in [2.24, 2.45) is 0 Å². The standard InChI is InChI=1S/C26H25ClF3N5O4S2/c1-16(2)40(36,37)33-9-6-18(14-33)41(38,39)35-22-13-17(28)12-19(27)23(22)25(31-35)34-11-10-32(15-26(34)7-8-26)24-20(29)4-3-5-21(24)30/h3-6,9,12-14,16H,7-8,10-11,15H2,1-2H3. The van der Waals surface area contributed by atoms with Gasteiger partial charge in [-0.1, -0.05) is 17.7 Å². The van der Waals surface area contributed by atoms with Crippen LogP contribution in [-0.4, -0.2) is 60.4 Å². The number of benzene rings is 2. The Morgan fingerprint density at radius 3 is 2.32 bits per heavy atom. The lowest BCUT2D eigenvalue weighted by molar-refractivity contribution is 0.486. The highest BCUT2D eigenvalue weighted by atomic mass is 35.5. The van der Waals surface area contributed by atoms with Gasteiger partial charge in [-0.05, 0) is 51.0 Å². The normalized spacial score (nSPS) is 17.2. The van der Waals surface area contributed by atoms with Crippen molar-refractivity contribution in [3.63, 3.8) is 0 Å². The van der Waals surface area contributed by atoms with Crippen molar-refractivity contribution in [3.05, 3.63) is 71.3 Å². The van der Waals surface area contributed by atoms with Gasteiger partial charge < -0.3 is 9.80 Å². The molecule has 9 nitrogen and oxygen atoms in total. The maximum absolute atomic E-state index is 14.6. The number of hydrogen-bond donors (Lipinski definition) is 0. The van der Waals surface area contributed by atoms with Crippen molar-refractivity contribution in [2.45, 2.75) is 42.4 Å². The second-order valence-electron chi connectivity index (χ2n) is 10.6. The zero-order valence-electron chi connectivity index (χ0n) is 21.9. The van der Waals surface area contributed by atoms with E-state index in [0.717, 1.165) is 34.6 Å². The molecule has 0 unspecified atom stereocenters. The fourth-order valence-corrected chi connectivity index (χ4v) is 7.97. The maximum Gasteiger partial charge on any atom is 0.285 e. The molecule has 4 aromatic rings. The number of nitrogens with zero attached hydrogens (tertiary/aromatic N) is 5. The van der Waals surface area contributed by atoms with Crippen LogP contribution in [0, 0.1) is 17.5 Å². The molecule has 218 valence electrons. The lowest BCUT2D eigenvalue weighted by Gasteiger charge is -2.43. The summed E-state index contributed by atoms with van der Waals surface area (Å²) in [6.45, 7) is 3.62. The zero-order valence-corrected chi connectivity index (χ0v) is 24.3. The topological polar surface area (TPSA) is 97.5 Å². The van der Waals surface area contributed by atoms with Crippen LogP contribution in [0.1, 0.15) is 26.7 Å². The van der Waals surface area contributed by atoms with Gasteiger partial charge in [-0.2, -0.15) is 12.5 Å². The quantitative estimate of drug-likeness (QED) is 0.308. The van der Waals surface area contributed by atoms with Crippen LogP contribution in [0.3, 0.4) is 0 Å². The number of aromatic nitrogens is 3. The predicted octanol–water partition coefficient (Wildman–Crippen LogP) is 4.59. The van der Waals surface area contributed by atoms with E-state index in [-0.39, 0.29) is 52.0 Å². The van der Waals surface area contributed by atoms with Crippen molar-refractivity contribution < 1.29 is 30.0 Å². The van der Waals surface area contributed by atoms with Crippen molar-refractivity contribution in [2.75, 3.05) is 29.4 Å². The van der Waals surface area contributed by atoms with Gasteiger partial charge in [-0.3, -0.25) is 3.97 Å². The second-order valence-corrected chi connectivity index (χ2v) is 15.2. The molecule has 15 heteroatoms. The summed E-state index contributed by atoms with van der Waals surface area (Å²) in [5, 5.41) is 3.75. The van der Waals surface area contributed by atoms with Crippen LogP contribution in [0.25, 0.3) is 10.9 Å². The Morgan fingerprint density at radius 1 is 1.00 bits per heavy atom. The average molecular weight is 628 g/mol. The second kappa shape index (κ2) is 9.39. The third-order valence-corrected chi connectivity index (χ3v) is 11.6. The first-order chi connectivity index (χ1) is 19.3. The molecule has 2 aromatic heterocycles. The molecular weight excluding hydrogens is 603 g/mol. The van der Waals surface area contributed by atoms with E-state index in [1.54, 1.807) is 4.90 Å². The van der Waals surface area contributed by atoms with Gasteiger partial charge in [0.25, 0.3) is 10.0 Å². The predicted molar refractivity (Wildman–Crippen MR) is 149 cm³/mol. The molecule has 1 spiro atoms. The number of fused-ring (bicyclic) bond motifs is 1. The number of hydrogen-bond acceptors (Lipinski definition) is 7. The highest BCUT2D eigenvalue weighted by Crippen LogP contribution is 2.49. The molecule has 41 heavy (non-hydrogen) atoms. The molecule has 2 aliphatic rings. The molecule has 6 rings (SSSR count). The number of anilines is 2. The molecule has 3 heterocycles. The smallest absolute Gasteiger partial charge is 0.285 e. The minimum atomic E-state index is -4.51. The molecule has 2 aromatic carbocycles. The van der Waals surface area contributed by atoms with Gasteiger partial charge in [0.1, 0.15) is 28.0 Å². The summed E-state index contributed by atoms with van der Waals surface area (Å²) in [4.78, 5) is 3.14. The number of halogens is 4. The summed E-state index contributed by atoms with van der Waals surface area (Å²) in [5.74, 6) is -1.96. The molecule has 1 saturated carbocycles. The Hall–Kier alpha value is -3.23. The van der Waals surface area contributed by atoms with Gasteiger partial charge in [-0.25, -0.2) is 21.6 Å². The van der Waals surface area contributed by atoms with Gasteiger partial charge in [0.15, 0.2) is 5.82 Å². The molecule has 1 aliphatic carbocycles. The van der Waals surface area contributed by atoms with E-state index in [4.69, 9.17) is 11.6 Å². The van der Waals surface area contributed by atoms with E-state index in [1.165, 1.54) is 32.0 Å². The van der Waals surface area contributed by atoms with Gasteiger partial charge in [0.05, 0.1) is 26.7 Å². The van der Waals surface area contributed by atoms with Crippen molar-refractivity contribution >= 4 is 54.1 Å². The average Bonchev–Trinajstić information content (AvgIpc) is 3.30. The fourth-order valence-electron chi connectivity index (χ4n) is 5.37. The Morgan fingerprint density at radius 2 is 1.68 bits per heavy atom. The molecular formula is C26H25ClF3N5O4S2. The summed E-state index contributed by atoms with van der Waals surface area (Å²) in [7, 11) is -8.34. The zero-order chi connectivity index (χ0) is 29.5. The first-order valence-corrected chi connectivity index (χ1v) is 16.1. The van der Waals surface area contributed by atoms with Crippen LogP contribution in [0.2, 0.25) is 5.02 Å². The molecule has 0 radical (unpaired) electrons. The third kappa shape index (κ3) is 4.38. The van der Waals surface area contributed by atoms with Gasteiger partial charge in [-0.15, -0.1) is 5.10 Å². The Kier molecular flexibility index (Phi) is 6.40. The summed E-state index contributed by atoms with van der Waals surface area (Å²) in [6.07, 6.45) is 3.40. The first kappa shape index (κ1) is 27.9. The Bertz CT molecular complexity index is 1900. The lowest BCUT2D eigenvalue weighted by atomic mass is 10.1. The van der Waals surface area contributed by atoms with Gasteiger partial charge in [0.2, 0.25) is 10.0 Å². The number of rotatable bonds is 6. The highest BCUT2D eigenvalue weighted by molar-refractivity contribution is 7.91. The van der Waals surface area contributed by atoms with Crippen LogP contribution in [-0.2, 0) is 20.0 Å². The Balaban J connectivity index is 1.45. The van der Waals surface area contributed by atoms with E-state index < -0.39 is 48.3 Å².